The smallest absolute Gasteiger partial charge is 0.188 e. The SMILES string of the molecule is O=S(=O)(c1ccc(Cl)cc1)[C@@]12CC[C@@H](CO)C[C@@H]1COc1c(F)ccc(F)c12. The number of benzene rings is 2. The average Bonchev–Trinajstić information content (AvgIpc) is 2.69. The highest BCUT2D eigenvalue weighted by Crippen LogP contribution is 2.57. The Morgan fingerprint density at radius 2 is 1.82 bits per heavy atom. The molecule has 28 heavy (non-hydrogen) atoms. The van der Waals surface area contributed by atoms with E-state index in [9.17, 15) is 22.3 Å². The van der Waals surface area contributed by atoms with Gasteiger partial charge in [-0.2, -0.15) is 0 Å². The van der Waals surface area contributed by atoms with E-state index in [2.05, 4.69) is 0 Å². The van der Waals surface area contributed by atoms with Crippen molar-refractivity contribution in [3.8, 4) is 5.75 Å². The molecule has 1 aliphatic heterocycles. The summed E-state index contributed by atoms with van der Waals surface area (Å²) in [5, 5.41) is 9.95. The quantitative estimate of drug-likeness (QED) is 0.799. The molecule has 150 valence electrons. The lowest BCUT2D eigenvalue weighted by atomic mass is 9.69. The molecule has 0 saturated heterocycles. The van der Waals surface area contributed by atoms with Gasteiger partial charge in [0.05, 0.1) is 17.1 Å². The Labute approximate surface area is 167 Å². The van der Waals surface area contributed by atoms with Gasteiger partial charge in [-0.25, -0.2) is 17.2 Å². The Kier molecular flexibility index (Phi) is 4.88. The molecular weight excluding hydrogens is 410 g/mol. The Morgan fingerprint density at radius 1 is 1.14 bits per heavy atom. The highest BCUT2D eigenvalue weighted by molar-refractivity contribution is 7.92. The summed E-state index contributed by atoms with van der Waals surface area (Å²) >= 11 is 5.90. The molecule has 3 atom stereocenters. The van der Waals surface area contributed by atoms with Gasteiger partial charge in [-0.05, 0) is 61.6 Å². The van der Waals surface area contributed by atoms with Crippen molar-refractivity contribution in [1.29, 1.82) is 0 Å². The highest BCUT2D eigenvalue weighted by atomic mass is 35.5. The van der Waals surface area contributed by atoms with Crippen molar-refractivity contribution in [2.24, 2.45) is 11.8 Å². The fourth-order valence-electron chi connectivity index (χ4n) is 4.60. The van der Waals surface area contributed by atoms with Crippen LogP contribution in [0.1, 0.15) is 24.8 Å². The zero-order valence-corrected chi connectivity index (χ0v) is 16.4. The van der Waals surface area contributed by atoms with Gasteiger partial charge in [-0.1, -0.05) is 11.6 Å². The van der Waals surface area contributed by atoms with Crippen molar-refractivity contribution < 1.29 is 27.0 Å². The van der Waals surface area contributed by atoms with E-state index in [1.807, 2.05) is 0 Å². The first-order valence-corrected chi connectivity index (χ1v) is 10.9. The molecule has 4 nitrogen and oxygen atoms in total. The van der Waals surface area contributed by atoms with E-state index in [-0.39, 0.29) is 41.8 Å². The number of sulfone groups is 1. The van der Waals surface area contributed by atoms with E-state index in [1.165, 1.54) is 24.3 Å². The van der Waals surface area contributed by atoms with Crippen LogP contribution < -0.4 is 4.74 Å². The van der Waals surface area contributed by atoms with Crippen LogP contribution in [-0.4, -0.2) is 26.7 Å². The van der Waals surface area contributed by atoms with Crippen LogP contribution in [0.2, 0.25) is 5.02 Å². The number of fused-ring (bicyclic) bond motifs is 3. The minimum absolute atomic E-state index is 0.000796. The summed E-state index contributed by atoms with van der Waals surface area (Å²) in [5.74, 6) is -2.65. The summed E-state index contributed by atoms with van der Waals surface area (Å²) in [5.41, 5.74) is -0.241. The van der Waals surface area contributed by atoms with E-state index in [0.717, 1.165) is 12.1 Å². The van der Waals surface area contributed by atoms with Gasteiger partial charge in [0.2, 0.25) is 0 Å². The highest BCUT2D eigenvalue weighted by Gasteiger charge is 2.59. The molecule has 1 saturated carbocycles. The molecule has 0 amide bonds. The Morgan fingerprint density at radius 3 is 2.50 bits per heavy atom. The van der Waals surface area contributed by atoms with Crippen LogP contribution in [0, 0.1) is 23.5 Å². The van der Waals surface area contributed by atoms with E-state index in [1.54, 1.807) is 0 Å². The number of hydrogen-bond acceptors (Lipinski definition) is 4. The lowest BCUT2D eigenvalue weighted by Crippen LogP contribution is -2.52. The molecular formula is C20H19ClF2O4S. The second-order valence-electron chi connectivity index (χ2n) is 7.41. The average molecular weight is 429 g/mol. The molecule has 0 unspecified atom stereocenters. The van der Waals surface area contributed by atoms with E-state index in [0.29, 0.717) is 17.9 Å². The lowest BCUT2D eigenvalue weighted by Gasteiger charge is -2.48. The van der Waals surface area contributed by atoms with Gasteiger partial charge in [0, 0.05) is 17.5 Å². The summed E-state index contributed by atoms with van der Waals surface area (Å²) in [6, 6.07) is 7.57. The standard InChI is InChI=1S/C20H19ClF2O4S/c21-14-1-3-15(4-2-14)28(25,26)20-8-7-12(10-24)9-13(20)11-27-19-17(23)6-5-16(22)18(19)20/h1-6,12-13,24H,7-11H2/t12-,13-,20+/m1/s1. The lowest BCUT2D eigenvalue weighted by molar-refractivity contribution is 0.0744. The number of halogens is 3. The summed E-state index contributed by atoms with van der Waals surface area (Å²) in [4.78, 5) is 0.000796. The summed E-state index contributed by atoms with van der Waals surface area (Å²) in [6.45, 7) is -0.150. The van der Waals surface area contributed by atoms with Crippen LogP contribution in [0.5, 0.6) is 5.75 Å². The Balaban J connectivity index is 1.99. The Hall–Kier alpha value is -1.70. The largest absolute Gasteiger partial charge is 0.490 e. The Bertz CT molecular complexity index is 1010. The zero-order valence-electron chi connectivity index (χ0n) is 14.9. The molecule has 8 heteroatoms. The van der Waals surface area contributed by atoms with Gasteiger partial charge in [-0.3, -0.25) is 0 Å². The molecule has 1 fully saturated rings. The first-order valence-electron chi connectivity index (χ1n) is 9.03. The predicted molar refractivity (Wildman–Crippen MR) is 100 cm³/mol. The molecule has 1 aliphatic carbocycles. The molecule has 0 bridgehead atoms. The normalized spacial score (nSPS) is 26.9. The molecule has 0 spiro atoms. The topological polar surface area (TPSA) is 63.6 Å². The van der Waals surface area contributed by atoms with Gasteiger partial charge < -0.3 is 9.84 Å². The number of hydrogen-bond donors (Lipinski definition) is 1. The van der Waals surface area contributed by atoms with Crippen molar-refractivity contribution in [2.45, 2.75) is 28.9 Å². The van der Waals surface area contributed by atoms with Crippen LogP contribution in [0.4, 0.5) is 8.78 Å². The predicted octanol–water partition coefficient (Wildman–Crippen LogP) is 4.09. The van der Waals surface area contributed by atoms with Crippen LogP contribution in [0.15, 0.2) is 41.3 Å². The number of ether oxygens (including phenoxy) is 1. The molecule has 1 N–H and O–H groups in total. The third-order valence-corrected chi connectivity index (χ3v) is 8.82. The molecule has 2 aromatic rings. The van der Waals surface area contributed by atoms with Gasteiger partial charge in [0.1, 0.15) is 10.6 Å². The minimum Gasteiger partial charge on any atom is -0.490 e. The first-order chi connectivity index (χ1) is 13.3. The van der Waals surface area contributed by atoms with Crippen LogP contribution in [0.25, 0.3) is 0 Å². The summed E-state index contributed by atoms with van der Waals surface area (Å²) in [6.07, 6.45) is 0.804. The van der Waals surface area contributed by atoms with E-state index >= 15 is 0 Å². The number of rotatable bonds is 3. The molecule has 0 radical (unpaired) electrons. The van der Waals surface area contributed by atoms with Gasteiger partial charge in [0.15, 0.2) is 21.4 Å². The second-order valence-corrected chi connectivity index (χ2v) is 10.1. The van der Waals surface area contributed by atoms with E-state index in [4.69, 9.17) is 16.3 Å². The fraction of sp³-hybridized carbons (Fsp3) is 0.400. The molecule has 2 aliphatic rings. The van der Waals surface area contributed by atoms with Crippen LogP contribution in [-0.2, 0) is 14.6 Å². The second kappa shape index (κ2) is 6.97. The fourth-order valence-corrected chi connectivity index (χ4v) is 7.09. The van der Waals surface area contributed by atoms with Gasteiger partial charge in [-0.15, -0.1) is 0 Å². The summed E-state index contributed by atoms with van der Waals surface area (Å²) in [7, 11) is -4.11. The van der Waals surface area contributed by atoms with Crippen molar-refractivity contribution >= 4 is 21.4 Å². The molecule has 4 rings (SSSR count). The number of aliphatic hydroxyl groups excluding tert-OH is 1. The zero-order chi connectivity index (χ0) is 20.1. The maximum absolute atomic E-state index is 15.0. The van der Waals surface area contributed by atoms with Gasteiger partial charge >= 0.3 is 0 Å². The maximum Gasteiger partial charge on any atom is 0.188 e. The van der Waals surface area contributed by atoms with Crippen LogP contribution >= 0.6 is 11.6 Å². The minimum atomic E-state index is -4.11. The van der Waals surface area contributed by atoms with E-state index < -0.39 is 32.1 Å². The maximum atomic E-state index is 15.0. The van der Waals surface area contributed by atoms with Crippen molar-refractivity contribution in [3.63, 3.8) is 0 Å². The van der Waals surface area contributed by atoms with Crippen LogP contribution in [0.3, 0.4) is 0 Å². The van der Waals surface area contributed by atoms with Crippen molar-refractivity contribution in [2.75, 3.05) is 13.2 Å². The first kappa shape index (κ1) is 19.6. The molecule has 1 heterocycles. The molecule has 2 aromatic carbocycles. The number of aliphatic hydroxyl groups is 1. The van der Waals surface area contributed by atoms with Crippen molar-refractivity contribution in [1.82, 2.24) is 0 Å². The van der Waals surface area contributed by atoms with Crippen molar-refractivity contribution in [3.05, 3.63) is 58.6 Å². The third-order valence-electron chi connectivity index (χ3n) is 5.97. The molecule has 0 aromatic heterocycles. The summed E-state index contributed by atoms with van der Waals surface area (Å²) < 4.78 is 60.9. The van der Waals surface area contributed by atoms with Gasteiger partial charge in [0.25, 0.3) is 0 Å². The third kappa shape index (κ3) is 2.75. The monoisotopic (exact) mass is 428 g/mol.